The van der Waals surface area contributed by atoms with E-state index in [1.54, 1.807) is 0 Å². The predicted octanol–water partition coefficient (Wildman–Crippen LogP) is 1.02. The maximum absolute atomic E-state index is 11.7. The van der Waals surface area contributed by atoms with Crippen molar-refractivity contribution >= 4 is 11.8 Å². The van der Waals surface area contributed by atoms with Crippen molar-refractivity contribution in [2.24, 2.45) is 0 Å². The second kappa shape index (κ2) is 9.90. The van der Waals surface area contributed by atoms with Crippen LogP contribution in [0.4, 0.5) is 0 Å². The van der Waals surface area contributed by atoms with Gasteiger partial charge in [0.15, 0.2) is 0 Å². The second-order valence-corrected chi connectivity index (χ2v) is 4.60. The normalized spacial score (nSPS) is 12.7. The molecule has 1 aromatic rings. The largest absolute Gasteiger partial charge is 0.391 e. The summed E-state index contributed by atoms with van der Waals surface area (Å²) in [7, 11) is 0. The summed E-state index contributed by atoms with van der Waals surface area (Å²) < 4.78 is 0. The molecule has 4 N–H and O–H groups in total. The number of carbonyl (C=O) groups excluding carboxylic acids is 2. The molecule has 1 rings (SSSR count). The van der Waals surface area contributed by atoms with Crippen molar-refractivity contribution in [2.45, 2.75) is 45.8 Å². The lowest BCUT2D eigenvalue weighted by Crippen LogP contribution is -2.51. The summed E-state index contributed by atoms with van der Waals surface area (Å²) in [5.74, 6) is -1.17. The molecule has 0 saturated carbocycles. The Morgan fingerprint density at radius 1 is 1.24 bits per heavy atom. The molecule has 0 bridgehead atoms. The zero-order valence-corrected chi connectivity index (χ0v) is 11.4. The van der Waals surface area contributed by atoms with Crippen molar-refractivity contribution in [2.75, 3.05) is 0 Å². The van der Waals surface area contributed by atoms with E-state index >= 15 is 0 Å². The molecule has 0 fully saturated rings. The highest BCUT2D eigenvalue weighted by Crippen LogP contribution is 2.05. The van der Waals surface area contributed by atoms with E-state index in [0.29, 0.717) is 6.42 Å². The number of hydrogen-bond acceptors (Lipinski definition) is 4. The molecule has 0 spiro atoms. The Bertz CT molecular complexity index is 435. The molecule has 0 unspecified atom stereocenters. The van der Waals surface area contributed by atoms with Gasteiger partial charge in [0.05, 0.1) is 6.10 Å². The van der Waals surface area contributed by atoms with Crippen LogP contribution in [-0.4, -0.2) is 34.3 Å². The first-order valence-corrected chi connectivity index (χ1v) is 6.50. The molecular weight excluding hydrogens is 272 g/mol. The van der Waals surface area contributed by atoms with Crippen LogP contribution in [-0.2, 0) is 16.0 Å². The lowest BCUT2D eigenvalue weighted by atomic mass is 10.1. The molecule has 0 aliphatic rings. The lowest BCUT2D eigenvalue weighted by Gasteiger charge is -2.19. The first-order valence-electron chi connectivity index (χ1n) is 6.50. The minimum atomic E-state index is -1.15. The number of aryl methyl sites for hydroxylation is 1. The monoisotopic (exact) mass is 296 g/mol. The van der Waals surface area contributed by atoms with Crippen molar-refractivity contribution in [1.82, 2.24) is 10.8 Å². The van der Waals surface area contributed by atoms with Crippen molar-refractivity contribution in [3.8, 4) is 0 Å². The van der Waals surface area contributed by atoms with Crippen LogP contribution in [0.25, 0.3) is 0 Å². The molecular formula is C15H24N2O4. The average Bonchev–Trinajstić information content (AvgIpc) is 2.45. The number of aliphatic hydroxyl groups excluding tert-OH is 1. The van der Waals surface area contributed by atoms with Gasteiger partial charge in [0, 0.05) is 6.42 Å². The van der Waals surface area contributed by atoms with E-state index in [1.807, 2.05) is 30.3 Å². The third-order valence-electron chi connectivity index (χ3n) is 2.90. The molecule has 2 amide bonds. The van der Waals surface area contributed by atoms with Gasteiger partial charge in [-0.2, -0.15) is 0 Å². The molecule has 0 aliphatic carbocycles. The summed E-state index contributed by atoms with van der Waals surface area (Å²) in [6, 6.07) is 8.61. The molecule has 2 atom stereocenters. The van der Waals surface area contributed by atoms with Gasteiger partial charge >= 0.3 is 0 Å². The van der Waals surface area contributed by atoms with Crippen LogP contribution in [0.5, 0.6) is 0 Å². The van der Waals surface area contributed by atoms with Crippen LogP contribution in [0.15, 0.2) is 30.3 Å². The number of carbonyl (C=O) groups is 2. The van der Waals surface area contributed by atoms with Gasteiger partial charge in [0.25, 0.3) is 5.91 Å². The van der Waals surface area contributed by atoms with Gasteiger partial charge in [0.2, 0.25) is 5.91 Å². The van der Waals surface area contributed by atoms with E-state index in [1.165, 1.54) is 12.4 Å². The van der Waals surface area contributed by atoms with Crippen molar-refractivity contribution in [3.63, 3.8) is 0 Å². The van der Waals surface area contributed by atoms with Crippen molar-refractivity contribution in [1.29, 1.82) is 0 Å². The predicted molar refractivity (Wildman–Crippen MR) is 79.7 cm³/mol. The zero-order valence-electron chi connectivity index (χ0n) is 11.4. The van der Waals surface area contributed by atoms with E-state index in [-0.39, 0.29) is 19.8 Å². The zero-order chi connectivity index (χ0) is 15.0. The highest BCUT2D eigenvalue weighted by molar-refractivity contribution is 5.87. The Hall–Kier alpha value is -1.92. The van der Waals surface area contributed by atoms with Gasteiger partial charge in [-0.05, 0) is 25.3 Å². The number of hydrogen-bond donors (Lipinski definition) is 4. The van der Waals surface area contributed by atoms with E-state index in [2.05, 4.69) is 5.32 Å². The Morgan fingerprint density at radius 3 is 2.38 bits per heavy atom. The Kier molecular flexibility index (Phi) is 9.00. The first kappa shape index (κ1) is 19.1. The van der Waals surface area contributed by atoms with Crippen molar-refractivity contribution in [3.05, 3.63) is 35.9 Å². The number of amides is 2. The molecule has 118 valence electrons. The molecule has 0 radical (unpaired) electrons. The van der Waals surface area contributed by atoms with E-state index < -0.39 is 18.1 Å². The summed E-state index contributed by atoms with van der Waals surface area (Å²) in [6.07, 6.45) is 0.569. The lowest BCUT2D eigenvalue weighted by molar-refractivity contribution is -0.137. The van der Waals surface area contributed by atoms with Gasteiger partial charge in [-0.3, -0.25) is 14.8 Å². The van der Waals surface area contributed by atoms with Gasteiger partial charge in [0.1, 0.15) is 6.04 Å². The van der Waals surface area contributed by atoms with E-state index in [9.17, 15) is 14.7 Å². The summed E-state index contributed by atoms with van der Waals surface area (Å²) in [5.41, 5.74) is 2.56. The fourth-order valence-electron chi connectivity index (χ4n) is 1.82. The van der Waals surface area contributed by atoms with Crippen LogP contribution in [0.3, 0.4) is 0 Å². The highest BCUT2D eigenvalue weighted by Gasteiger charge is 2.24. The Labute approximate surface area is 125 Å². The van der Waals surface area contributed by atoms with Crippen LogP contribution in [0.2, 0.25) is 0 Å². The molecule has 21 heavy (non-hydrogen) atoms. The minimum absolute atomic E-state index is 0. The standard InChI is InChI=1S/C14H20N2O4.CH4/c1-10(17)13(14(19)16-20)15-12(18)9-5-8-11-6-3-2-4-7-11;/h2-4,6-7,10,13,17,20H,5,8-9H2,1H3,(H,15,18)(H,16,19);1H4/t10-,13+;/m1./s1. The third kappa shape index (κ3) is 6.87. The molecule has 0 saturated heterocycles. The Balaban J connectivity index is 0.00000400. The maximum atomic E-state index is 11.7. The summed E-state index contributed by atoms with van der Waals surface area (Å²) in [4.78, 5) is 22.9. The third-order valence-corrected chi connectivity index (χ3v) is 2.90. The smallest absolute Gasteiger partial charge is 0.268 e. The van der Waals surface area contributed by atoms with Gasteiger partial charge < -0.3 is 10.4 Å². The quantitative estimate of drug-likeness (QED) is 0.446. The molecule has 0 aliphatic heterocycles. The summed E-state index contributed by atoms with van der Waals surface area (Å²) in [5, 5.41) is 20.3. The van der Waals surface area contributed by atoms with Crippen LogP contribution in [0.1, 0.15) is 32.8 Å². The number of nitrogens with one attached hydrogen (secondary N) is 2. The van der Waals surface area contributed by atoms with Gasteiger partial charge in [-0.15, -0.1) is 0 Å². The molecule has 0 heterocycles. The van der Waals surface area contributed by atoms with Crippen LogP contribution in [0, 0.1) is 0 Å². The molecule has 0 aromatic heterocycles. The Morgan fingerprint density at radius 2 is 1.86 bits per heavy atom. The SMILES string of the molecule is C.C[C@@H](O)[C@H](NC(=O)CCCc1ccccc1)C(=O)NO. The number of hydroxylamine groups is 1. The number of benzene rings is 1. The molecule has 6 heteroatoms. The highest BCUT2D eigenvalue weighted by atomic mass is 16.5. The van der Waals surface area contributed by atoms with Gasteiger partial charge in [-0.1, -0.05) is 37.8 Å². The fourth-order valence-corrected chi connectivity index (χ4v) is 1.82. The number of aliphatic hydroxyl groups is 1. The van der Waals surface area contributed by atoms with Crippen molar-refractivity contribution < 1.29 is 19.9 Å². The first-order chi connectivity index (χ1) is 9.54. The topological polar surface area (TPSA) is 98.7 Å². The molecule has 1 aromatic carbocycles. The second-order valence-electron chi connectivity index (χ2n) is 4.60. The minimum Gasteiger partial charge on any atom is -0.391 e. The maximum Gasteiger partial charge on any atom is 0.268 e. The van der Waals surface area contributed by atoms with E-state index in [0.717, 1.165) is 12.0 Å². The van der Waals surface area contributed by atoms with Gasteiger partial charge in [-0.25, -0.2) is 5.48 Å². The molecule has 6 nitrogen and oxygen atoms in total. The van der Waals surface area contributed by atoms with Crippen LogP contribution >= 0.6 is 0 Å². The summed E-state index contributed by atoms with van der Waals surface area (Å²) in [6.45, 7) is 1.37. The average molecular weight is 296 g/mol. The van der Waals surface area contributed by atoms with E-state index in [4.69, 9.17) is 5.21 Å². The number of rotatable bonds is 7. The van der Waals surface area contributed by atoms with Crippen LogP contribution < -0.4 is 10.8 Å². The summed E-state index contributed by atoms with van der Waals surface area (Å²) >= 11 is 0. The fraction of sp³-hybridized carbons (Fsp3) is 0.467.